The van der Waals surface area contributed by atoms with Gasteiger partial charge in [0.25, 0.3) is 0 Å². The van der Waals surface area contributed by atoms with E-state index < -0.39 is 11.1 Å². The van der Waals surface area contributed by atoms with Gasteiger partial charge < -0.3 is 15.0 Å². The molecule has 2 rings (SSSR count). The van der Waals surface area contributed by atoms with E-state index in [0.29, 0.717) is 13.2 Å². The maximum Gasteiger partial charge on any atom is 0.249 e. The van der Waals surface area contributed by atoms with E-state index >= 15 is 0 Å². The first-order chi connectivity index (χ1) is 9.79. The van der Waals surface area contributed by atoms with Crippen molar-refractivity contribution in [2.24, 2.45) is 0 Å². The number of nitrogens with zero attached hydrogens (tertiary/aromatic N) is 1. The summed E-state index contributed by atoms with van der Waals surface area (Å²) in [6.07, 6.45) is 4.80. The lowest BCUT2D eigenvalue weighted by molar-refractivity contribution is -0.163. The van der Waals surface area contributed by atoms with Crippen molar-refractivity contribution in [3.05, 3.63) is 0 Å². The Balaban J connectivity index is 2.17. The van der Waals surface area contributed by atoms with E-state index in [9.17, 15) is 9.59 Å². The zero-order valence-corrected chi connectivity index (χ0v) is 13.7. The van der Waals surface area contributed by atoms with Gasteiger partial charge >= 0.3 is 0 Å². The zero-order chi connectivity index (χ0) is 15.7. The molecule has 1 heterocycles. The first-order valence-electron chi connectivity index (χ1n) is 8.06. The summed E-state index contributed by atoms with van der Waals surface area (Å²) in [6, 6.07) is 0. The van der Waals surface area contributed by atoms with E-state index in [1.165, 1.54) is 0 Å². The van der Waals surface area contributed by atoms with Gasteiger partial charge in [-0.15, -0.1) is 0 Å². The van der Waals surface area contributed by atoms with E-state index in [4.69, 9.17) is 4.74 Å². The lowest BCUT2D eigenvalue weighted by atomic mass is 9.76. The molecule has 0 aromatic rings. The molecule has 21 heavy (non-hydrogen) atoms. The van der Waals surface area contributed by atoms with Gasteiger partial charge in [0.2, 0.25) is 11.8 Å². The first kappa shape index (κ1) is 16.3. The molecular weight excluding hydrogens is 268 g/mol. The van der Waals surface area contributed by atoms with Crippen LogP contribution in [-0.4, -0.2) is 47.0 Å². The van der Waals surface area contributed by atoms with Crippen molar-refractivity contribution in [1.29, 1.82) is 0 Å². The highest BCUT2D eigenvalue weighted by atomic mass is 16.5. The molecule has 1 saturated heterocycles. The summed E-state index contributed by atoms with van der Waals surface area (Å²) in [5, 5.41) is 3.03. The number of carbonyl (C=O) groups excluding carboxylic acids is 2. The van der Waals surface area contributed by atoms with Crippen molar-refractivity contribution in [1.82, 2.24) is 10.2 Å². The number of amides is 2. The molecule has 0 radical (unpaired) electrons. The van der Waals surface area contributed by atoms with Crippen LogP contribution in [-0.2, 0) is 14.3 Å². The summed E-state index contributed by atoms with van der Waals surface area (Å²) in [5.41, 5.74) is -1.47. The molecule has 0 bridgehead atoms. The quantitative estimate of drug-likeness (QED) is 0.861. The molecule has 0 atom stereocenters. The maximum absolute atomic E-state index is 13.0. The third kappa shape index (κ3) is 3.07. The smallest absolute Gasteiger partial charge is 0.249 e. The van der Waals surface area contributed by atoms with Gasteiger partial charge in [-0.2, -0.15) is 0 Å². The highest BCUT2D eigenvalue weighted by Crippen LogP contribution is 2.36. The molecule has 0 unspecified atom stereocenters. The monoisotopic (exact) mass is 296 g/mol. The van der Waals surface area contributed by atoms with Gasteiger partial charge in [0, 0.05) is 6.54 Å². The Labute approximate surface area is 127 Å². The Morgan fingerprint density at radius 2 is 1.81 bits per heavy atom. The van der Waals surface area contributed by atoms with Crippen LogP contribution in [0, 0.1) is 0 Å². The molecule has 120 valence electrons. The van der Waals surface area contributed by atoms with Crippen molar-refractivity contribution in [2.45, 2.75) is 77.0 Å². The number of carbonyl (C=O) groups is 2. The fourth-order valence-electron chi connectivity index (χ4n) is 3.31. The highest BCUT2D eigenvalue weighted by molar-refractivity contribution is 6.01. The van der Waals surface area contributed by atoms with Gasteiger partial charge in [-0.1, -0.05) is 19.3 Å². The fourth-order valence-corrected chi connectivity index (χ4v) is 3.31. The number of hydrogen-bond acceptors (Lipinski definition) is 3. The molecule has 1 aliphatic heterocycles. The summed E-state index contributed by atoms with van der Waals surface area (Å²) >= 11 is 0. The molecule has 1 spiro atoms. The predicted octanol–water partition coefficient (Wildman–Crippen LogP) is 1.85. The molecular formula is C16H28N2O3. The normalized spacial score (nSPS) is 24.5. The van der Waals surface area contributed by atoms with Crippen LogP contribution in [0.1, 0.15) is 59.8 Å². The Morgan fingerprint density at radius 1 is 1.19 bits per heavy atom. The van der Waals surface area contributed by atoms with Crippen LogP contribution in [0.5, 0.6) is 0 Å². The van der Waals surface area contributed by atoms with Crippen LogP contribution in [0.2, 0.25) is 0 Å². The average Bonchev–Trinajstić information content (AvgIpc) is 2.42. The Bertz CT molecular complexity index is 412. The van der Waals surface area contributed by atoms with E-state index in [1.807, 2.05) is 27.7 Å². The molecule has 1 N–H and O–H groups in total. The van der Waals surface area contributed by atoms with Gasteiger partial charge in [-0.05, 0) is 40.5 Å². The topological polar surface area (TPSA) is 58.6 Å². The molecule has 5 nitrogen and oxygen atoms in total. The average molecular weight is 296 g/mol. The first-order valence-corrected chi connectivity index (χ1v) is 8.06. The summed E-state index contributed by atoms with van der Waals surface area (Å²) in [5.74, 6) is 0.0210. The van der Waals surface area contributed by atoms with Crippen LogP contribution < -0.4 is 5.32 Å². The molecule has 0 aromatic carbocycles. The fraction of sp³-hybridized carbons (Fsp3) is 0.875. The number of nitrogens with one attached hydrogen (secondary N) is 1. The third-order valence-corrected chi connectivity index (χ3v) is 4.71. The number of rotatable bonds is 4. The van der Waals surface area contributed by atoms with Crippen LogP contribution in [0.3, 0.4) is 0 Å². The Hall–Kier alpha value is -1.10. The number of ether oxygens (including phenoxy) is 1. The van der Waals surface area contributed by atoms with Gasteiger partial charge in [-0.25, -0.2) is 0 Å². The van der Waals surface area contributed by atoms with Crippen LogP contribution >= 0.6 is 0 Å². The second kappa shape index (κ2) is 5.95. The molecule has 2 fully saturated rings. The standard InChI is InChI=1S/C16H28N2O3/c1-12(2)21-11-10-18-14(20)16(8-6-5-7-9-16)17-13(19)15(18,3)4/h12H,5-11H2,1-4H3,(H,17,19). The second-order valence-electron chi connectivity index (χ2n) is 7.03. The van der Waals surface area contributed by atoms with Crippen molar-refractivity contribution in [3.8, 4) is 0 Å². The van der Waals surface area contributed by atoms with Gasteiger partial charge in [0.05, 0.1) is 12.7 Å². The molecule has 2 amide bonds. The Kier molecular flexibility index (Phi) is 4.61. The summed E-state index contributed by atoms with van der Waals surface area (Å²) in [7, 11) is 0. The van der Waals surface area contributed by atoms with Crippen molar-refractivity contribution < 1.29 is 14.3 Å². The molecule has 0 aromatic heterocycles. The van der Waals surface area contributed by atoms with Gasteiger partial charge in [0.15, 0.2) is 0 Å². The van der Waals surface area contributed by atoms with Gasteiger partial charge in [0.1, 0.15) is 11.1 Å². The van der Waals surface area contributed by atoms with Crippen molar-refractivity contribution >= 4 is 11.8 Å². The zero-order valence-electron chi connectivity index (χ0n) is 13.7. The number of piperazine rings is 1. The van der Waals surface area contributed by atoms with Gasteiger partial charge in [-0.3, -0.25) is 9.59 Å². The molecule has 2 aliphatic rings. The molecule has 1 saturated carbocycles. The number of hydrogen-bond donors (Lipinski definition) is 1. The lowest BCUT2D eigenvalue weighted by Gasteiger charge is -2.51. The van der Waals surface area contributed by atoms with Crippen molar-refractivity contribution in [2.75, 3.05) is 13.2 Å². The lowest BCUT2D eigenvalue weighted by Crippen LogP contribution is -2.74. The largest absolute Gasteiger partial charge is 0.377 e. The Morgan fingerprint density at radius 3 is 2.38 bits per heavy atom. The summed E-state index contributed by atoms with van der Waals surface area (Å²) < 4.78 is 5.57. The third-order valence-electron chi connectivity index (χ3n) is 4.71. The summed E-state index contributed by atoms with van der Waals surface area (Å²) in [4.78, 5) is 27.2. The highest BCUT2D eigenvalue weighted by Gasteiger charge is 2.54. The van der Waals surface area contributed by atoms with E-state index in [0.717, 1.165) is 32.1 Å². The van der Waals surface area contributed by atoms with Crippen LogP contribution in [0.4, 0.5) is 0 Å². The minimum absolute atomic E-state index is 0.0476. The predicted molar refractivity (Wildman–Crippen MR) is 80.8 cm³/mol. The van der Waals surface area contributed by atoms with E-state index in [1.54, 1.807) is 4.90 Å². The molecule has 5 heteroatoms. The van der Waals surface area contributed by atoms with Crippen molar-refractivity contribution in [3.63, 3.8) is 0 Å². The van der Waals surface area contributed by atoms with E-state index in [2.05, 4.69) is 5.32 Å². The second-order valence-corrected chi connectivity index (χ2v) is 7.03. The van der Waals surface area contributed by atoms with Crippen LogP contribution in [0.15, 0.2) is 0 Å². The summed E-state index contributed by atoms with van der Waals surface area (Å²) in [6.45, 7) is 8.50. The SMILES string of the molecule is CC(C)OCCN1C(=O)C2(CCCCC2)NC(=O)C1(C)C. The van der Waals surface area contributed by atoms with Crippen LogP contribution in [0.25, 0.3) is 0 Å². The van der Waals surface area contributed by atoms with E-state index in [-0.39, 0.29) is 17.9 Å². The molecule has 1 aliphatic carbocycles. The minimum Gasteiger partial charge on any atom is -0.377 e. The maximum atomic E-state index is 13.0. The minimum atomic E-state index is -0.805.